The molecule has 0 aliphatic carbocycles. The van der Waals surface area contributed by atoms with Gasteiger partial charge in [0.1, 0.15) is 18.0 Å². The van der Waals surface area contributed by atoms with Crippen LogP contribution in [0.2, 0.25) is 5.02 Å². The van der Waals surface area contributed by atoms with Gasteiger partial charge in [-0.05, 0) is 30.5 Å². The van der Waals surface area contributed by atoms with E-state index >= 15 is 0 Å². The second-order valence-corrected chi connectivity index (χ2v) is 10.0. The van der Waals surface area contributed by atoms with E-state index in [1.54, 1.807) is 0 Å². The fourth-order valence-corrected chi connectivity index (χ4v) is 4.95. The van der Waals surface area contributed by atoms with E-state index in [-0.39, 0.29) is 35.7 Å². The number of benzene rings is 1. The summed E-state index contributed by atoms with van der Waals surface area (Å²) >= 11 is 6.08. The van der Waals surface area contributed by atoms with E-state index in [0.29, 0.717) is 43.4 Å². The zero-order chi connectivity index (χ0) is 24.4. The first-order valence-corrected chi connectivity index (χ1v) is 12.3. The van der Waals surface area contributed by atoms with Crippen molar-refractivity contribution in [3.05, 3.63) is 46.7 Å². The van der Waals surface area contributed by atoms with Crippen LogP contribution in [0, 0.1) is 0 Å². The predicted molar refractivity (Wildman–Crippen MR) is 134 cm³/mol. The number of anilines is 2. The van der Waals surface area contributed by atoms with Crippen molar-refractivity contribution in [3.8, 4) is 0 Å². The molecule has 2 N–H and O–H groups in total. The predicted octanol–water partition coefficient (Wildman–Crippen LogP) is 3.39. The lowest BCUT2D eigenvalue weighted by molar-refractivity contribution is -0.133. The summed E-state index contributed by atoms with van der Waals surface area (Å²) in [6, 6.07) is 7.91. The number of hydrogen-bond donors (Lipinski definition) is 2. The van der Waals surface area contributed by atoms with Crippen molar-refractivity contribution in [3.63, 3.8) is 0 Å². The maximum absolute atomic E-state index is 13.7. The molecule has 2 aromatic rings. The third-order valence-electron chi connectivity index (χ3n) is 6.62. The van der Waals surface area contributed by atoms with E-state index in [9.17, 15) is 9.59 Å². The van der Waals surface area contributed by atoms with Crippen molar-refractivity contribution in [2.24, 2.45) is 0 Å². The molecule has 3 heterocycles. The standard InChI is InChI=1S/C25H33ClN6O2/c1-15(2)27-12-20(18-5-7-19(26)8-6-18)25(34)31-9-10-32(17(4)13-31)24-22-16(3)11-21(33)30-23(22)28-14-29-24/h5-8,14-17,20,27H,9-13H2,1-4H3,(H,28,29,30,33). The summed E-state index contributed by atoms with van der Waals surface area (Å²) in [5.41, 5.74) is 1.95. The molecule has 0 spiro atoms. The van der Waals surface area contributed by atoms with Crippen molar-refractivity contribution < 1.29 is 9.59 Å². The minimum absolute atomic E-state index is 0.0173. The van der Waals surface area contributed by atoms with Gasteiger partial charge in [-0.1, -0.05) is 44.5 Å². The van der Waals surface area contributed by atoms with Crippen molar-refractivity contribution >= 4 is 35.1 Å². The van der Waals surface area contributed by atoms with Gasteiger partial charge in [0.05, 0.1) is 5.92 Å². The third-order valence-corrected chi connectivity index (χ3v) is 6.87. The van der Waals surface area contributed by atoms with Gasteiger partial charge in [0, 0.05) is 55.3 Å². The molecule has 1 aromatic carbocycles. The van der Waals surface area contributed by atoms with Gasteiger partial charge in [-0.2, -0.15) is 0 Å². The number of hydrogen-bond acceptors (Lipinski definition) is 6. The largest absolute Gasteiger partial charge is 0.350 e. The monoisotopic (exact) mass is 484 g/mol. The maximum atomic E-state index is 13.7. The number of nitrogens with one attached hydrogen (secondary N) is 2. The molecule has 2 aliphatic heterocycles. The van der Waals surface area contributed by atoms with Crippen LogP contribution in [0.4, 0.5) is 11.6 Å². The van der Waals surface area contributed by atoms with Crippen molar-refractivity contribution in [1.82, 2.24) is 20.2 Å². The van der Waals surface area contributed by atoms with Crippen LogP contribution in [-0.2, 0) is 9.59 Å². The Bertz CT molecular complexity index is 1040. The van der Waals surface area contributed by atoms with E-state index in [0.717, 1.165) is 16.9 Å². The average Bonchev–Trinajstić information content (AvgIpc) is 2.79. The van der Waals surface area contributed by atoms with Crippen LogP contribution in [0.3, 0.4) is 0 Å². The number of carbonyl (C=O) groups excluding carboxylic acids is 2. The molecule has 0 saturated carbocycles. The van der Waals surface area contributed by atoms with Gasteiger partial charge in [-0.15, -0.1) is 0 Å². The number of amides is 2. The Morgan fingerprint density at radius 2 is 1.94 bits per heavy atom. The van der Waals surface area contributed by atoms with Gasteiger partial charge >= 0.3 is 0 Å². The molecule has 9 heteroatoms. The van der Waals surface area contributed by atoms with Crippen LogP contribution < -0.4 is 15.5 Å². The summed E-state index contributed by atoms with van der Waals surface area (Å²) in [5, 5.41) is 6.96. The summed E-state index contributed by atoms with van der Waals surface area (Å²) in [6.07, 6.45) is 1.93. The summed E-state index contributed by atoms with van der Waals surface area (Å²) in [4.78, 5) is 38.7. The molecule has 182 valence electrons. The number of halogens is 1. The first-order chi connectivity index (χ1) is 16.2. The lowest BCUT2D eigenvalue weighted by atomic mass is 9.93. The fourth-order valence-electron chi connectivity index (χ4n) is 4.82. The van der Waals surface area contributed by atoms with Crippen LogP contribution in [0.1, 0.15) is 57.1 Å². The van der Waals surface area contributed by atoms with Crippen molar-refractivity contribution in [2.75, 3.05) is 36.4 Å². The van der Waals surface area contributed by atoms with Crippen molar-refractivity contribution in [1.29, 1.82) is 0 Å². The van der Waals surface area contributed by atoms with Gasteiger partial charge in [0.2, 0.25) is 11.8 Å². The molecular weight excluding hydrogens is 452 g/mol. The van der Waals surface area contributed by atoms with E-state index in [1.807, 2.05) is 36.1 Å². The van der Waals surface area contributed by atoms with Crippen molar-refractivity contribution in [2.45, 2.75) is 58.0 Å². The lowest BCUT2D eigenvalue weighted by Crippen LogP contribution is -2.56. The summed E-state index contributed by atoms with van der Waals surface area (Å²) < 4.78 is 0. The second kappa shape index (κ2) is 10.3. The maximum Gasteiger partial charge on any atom is 0.231 e. The number of carbonyl (C=O) groups is 2. The third kappa shape index (κ3) is 5.18. The van der Waals surface area contributed by atoms with Gasteiger partial charge in [-0.25, -0.2) is 9.97 Å². The minimum Gasteiger partial charge on any atom is -0.350 e. The molecule has 4 rings (SSSR count). The van der Waals surface area contributed by atoms with Crippen LogP contribution >= 0.6 is 11.6 Å². The SMILES string of the molecule is CC(C)NCC(C(=O)N1CCN(c2ncnc3c2C(C)CC(=O)N3)C(C)C1)c1ccc(Cl)cc1. The zero-order valence-electron chi connectivity index (χ0n) is 20.2. The van der Waals surface area contributed by atoms with Gasteiger partial charge in [-0.3, -0.25) is 9.59 Å². The Labute approximate surface area is 206 Å². The smallest absolute Gasteiger partial charge is 0.231 e. The fraction of sp³-hybridized carbons (Fsp3) is 0.520. The van der Waals surface area contributed by atoms with E-state index in [2.05, 4.69) is 46.3 Å². The van der Waals surface area contributed by atoms with Gasteiger partial charge < -0.3 is 20.4 Å². The molecule has 2 aliphatic rings. The quantitative estimate of drug-likeness (QED) is 0.653. The summed E-state index contributed by atoms with van der Waals surface area (Å²) in [5.74, 6) is 1.32. The molecule has 34 heavy (non-hydrogen) atoms. The molecule has 3 unspecified atom stereocenters. The molecule has 1 aromatic heterocycles. The normalized spacial score (nSPS) is 21.3. The minimum atomic E-state index is -0.277. The highest BCUT2D eigenvalue weighted by Gasteiger charge is 2.35. The van der Waals surface area contributed by atoms with E-state index < -0.39 is 0 Å². The second-order valence-electron chi connectivity index (χ2n) is 9.61. The number of aromatic nitrogens is 2. The molecule has 0 radical (unpaired) electrons. The Hall–Kier alpha value is -2.71. The zero-order valence-corrected chi connectivity index (χ0v) is 21.0. The topological polar surface area (TPSA) is 90.5 Å². The number of piperazine rings is 1. The Morgan fingerprint density at radius 1 is 1.21 bits per heavy atom. The highest BCUT2D eigenvalue weighted by atomic mass is 35.5. The Balaban J connectivity index is 1.52. The average molecular weight is 485 g/mol. The van der Waals surface area contributed by atoms with Crippen LogP contribution in [0.5, 0.6) is 0 Å². The Morgan fingerprint density at radius 3 is 2.62 bits per heavy atom. The highest BCUT2D eigenvalue weighted by molar-refractivity contribution is 6.30. The first kappa shape index (κ1) is 24.4. The molecule has 3 atom stereocenters. The van der Waals surface area contributed by atoms with Crippen LogP contribution in [-0.4, -0.2) is 64.9 Å². The lowest BCUT2D eigenvalue weighted by Gasteiger charge is -2.43. The number of nitrogens with zero attached hydrogens (tertiary/aromatic N) is 4. The molecule has 0 bridgehead atoms. The molecule has 1 fully saturated rings. The van der Waals surface area contributed by atoms with Gasteiger partial charge in [0.15, 0.2) is 0 Å². The first-order valence-electron chi connectivity index (χ1n) is 11.9. The summed E-state index contributed by atoms with van der Waals surface area (Å²) in [6.45, 7) is 10.8. The summed E-state index contributed by atoms with van der Waals surface area (Å²) in [7, 11) is 0. The molecular formula is C25H33ClN6O2. The van der Waals surface area contributed by atoms with Crippen LogP contribution in [0.15, 0.2) is 30.6 Å². The highest BCUT2D eigenvalue weighted by Crippen LogP contribution is 2.37. The Kier molecular flexibility index (Phi) is 7.38. The molecule has 8 nitrogen and oxygen atoms in total. The van der Waals surface area contributed by atoms with Crippen LogP contribution in [0.25, 0.3) is 0 Å². The molecule has 1 saturated heterocycles. The number of fused-ring (bicyclic) bond motifs is 1. The molecule has 2 amide bonds. The number of rotatable bonds is 6. The van der Waals surface area contributed by atoms with E-state index in [4.69, 9.17) is 11.6 Å². The van der Waals surface area contributed by atoms with Gasteiger partial charge in [0.25, 0.3) is 0 Å². The van der Waals surface area contributed by atoms with E-state index in [1.165, 1.54) is 6.33 Å².